The van der Waals surface area contributed by atoms with Crippen molar-refractivity contribution < 1.29 is 9.90 Å². The lowest BCUT2D eigenvalue weighted by molar-refractivity contribution is 0.0773. The largest absolute Gasteiger partial charge is 0.393 e. The van der Waals surface area contributed by atoms with Crippen LogP contribution in [0.4, 0.5) is 0 Å². The minimum atomic E-state index is -0.355. The molecule has 2 atom stereocenters. The molecule has 2 unspecified atom stereocenters. The zero-order valence-corrected chi connectivity index (χ0v) is 13.5. The number of hydrogen-bond donors (Lipinski definition) is 1. The van der Waals surface area contributed by atoms with Crippen LogP contribution in [0.25, 0.3) is 0 Å². The number of hydrogen-bond acceptors (Lipinski definition) is 3. The summed E-state index contributed by atoms with van der Waals surface area (Å²) in [5, 5.41) is 9.31. The molecule has 2 rings (SSSR count). The molecule has 4 heteroatoms. The number of carbonyl (C=O) groups is 1. The Hall–Kier alpha value is -0.870. The Balaban J connectivity index is 2.03. The Kier molecular flexibility index (Phi) is 5.22. The summed E-state index contributed by atoms with van der Waals surface area (Å²) in [6.07, 6.45) is 5.02. The molecule has 112 valence electrons. The van der Waals surface area contributed by atoms with Gasteiger partial charge in [-0.2, -0.15) is 0 Å². The van der Waals surface area contributed by atoms with Crippen molar-refractivity contribution in [1.29, 1.82) is 0 Å². The highest BCUT2D eigenvalue weighted by Crippen LogP contribution is 2.33. The maximum Gasteiger partial charge on any atom is 0.263 e. The van der Waals surface area contributed by atoms with Crippen molar-refractivity contribution in [3.63, 3.8) is 0 Å². The molecule has 1 heterocycles. The summed E-state index contributed by atoms with van der Waals surface area (Å²) in [7, 11) is 1.82. The average Bonchev–Trinajstić information content (AvgIpc) is 2.86. The summed E-state index contributed by atoms with van der Waals surface area (Å²) in [5.41, 5.74) is 1.39. The molecule has 1 amide bonds. The third-order valence-corrected chi connectivity index (χ3v) is 5.43. The third-order valence-electron chi connectivity index (χ3n) is 4.20. The monoisotopic (exact) mass is 295 g/mol. The van der Waals surface area contributed by atoms with E-state index >= 15 is 0 Å². The fourth-order valence-electron chi connectivity index (χ4n) is 2.72. The van der Waals surface area contributed by atoms with Crippen LogP contribution in [0.5, 0.6) is 0 Å². The Morgan fingerprint density at radius 2 is 2.35 bits per heavy atom. The standard InChI is InChI=1S/C16H25NO2S/c1-4-12-5-6-14-13(9-12)10-15(20-14)16(19)17(3)8-7-11(2)18/h10-12,18H,4-9H2,1-3H3. The summed E-state index contributed by atoms with van der Waals surface area (Å²) >= 11 is 1.66. The van der Waals surface area contributed by atoms with Gasteiger partial charge in [0.1, 0.15) is 0 Å². The van der Waals surface area contributed by atoms with E-state index in [1.165, 1.54) is 23.3 Å². The number of thiophene rings is 1. The van der Waals surface area contributed by atoms with Crippen molar-refractivity contribution in [3.05, 3.63) is 21.4 Å². The predicted molar refractivity (Wildman–Crippen MR) is 83.4 cm³/mol. The molecule has 1 aromatic heterocycles. The Morgan fingerprint density at radius 1 is 1.60 bits per heavy atom. The maximum atomic E-state index is 12.4. The van der Waals surface area contributed by atoms with Gasteiger partial charge in [-0.05, 0) is 50.2 Å². The van der Waals surface area contributed by atoms with Crippen molar-refractivity contribution >= 4 is 17.2 Å². The predicted octanol–water partition coefficient (Wildman–Crippen LogP) is 3.11. The topological polar surface area (TPSA) is 40.5 Å². The molecule has 0 aliphatic heterocycles. The Morgan fingerprint density at radius 3 is 3.00 bits per heavy atom. The van der Waals surface area contributed by atoms with Crippen LogP contribution in [-0.4, -0.2) is 35.6 Å². The van der Waals surface area contributed by atoms with E-state index < -0.39 is 0 Å². The van der Waals surface area contributed by atoms with Gasteiger partial charge in [-0.25, -0.2) is 0 Å². The smallest absolute Gasteiger partial charge is 0.263 e. The zero-order chi connectivity index (χ0) is 14.7. The minimum Gasteiger partial charge on any atom is -0.393 e. The molecule has 1 aromatic rings. The number of aliphatic hydroxyl groups excluding tert-OH is 1. The molecular weight excluding hydrogens is 270 g/mol. The van der Waals surface area contributed by atoms with Crippen LogP contribution < -0.4 is 0 Å². The summed E-state index contributed by atoms with van der Waals surface area (Å²) in [5.74, 6) is 0.881. The SMILES string of the molecule is CCC1CCc2sc(C(=O)N(C)CCC(C)O)cc2C1. The summed E-state index contributed by atoms with van der Waals surface area (Å²) in [4.78, 5) is 16.4. The van der Waals surface area contributed by atoms with E-state index in [9.17, 15) is 9.90 Å². The first-order valence-electron chi connectivity index (χ1n) is 7.56. The van der Waals surface area contributed by atoms with Gasteiger partial charge in [0.25, 0.3) is 5.91 Å². The molecule has 1 N–H and O–H groups in total. The second kappa shape index (κ2) is 6.72. The molecule has 0 spiro atoms. The fourth-order valence-corrected chi connectivity index (χ4v) is 3.93. The third kappa shape index (κ3) is 3.61. The first-order chi connectivity index (χ1) is 9.51. The quantitative estimate of drug-likeness (QED) is 0.907. The van der Waals surface area contributed by atoms with Gasteiger partial charge in [0.05, 0.1) is 11.0 Å². The number of rotatable bonds is 5. The number of aryl methyl sites for hydroxylation is 1. The van der Waals surface area contributed by atoms with E-state index in [0.717, 1.165) is 23.6 Å². The van der Waals surface area contributed by atoms with Crippen LogP contribution in [0.1, 0.15) is 53.2 Å². The second-order valence-corrected chi connectivity index (χ2v) is 7.08. The van der Waals surface area contributed by atoms with Crippen LogP contribution in [0, 0.1) is 5.92 Å². The van der Waals surface area contributed by atoms with Gasteiger partial charge in [0.15, 0.2) is 0 Å². The molecule has 1 aliphatic rings. The molecule has 0 bridgehead atoms. The van der Waals surface area contributed by atoms with Crippen molar-refractivity contribution in [2.45, 2.75) is 52.1 Å². The van der Waals surface area contributed by atoms with Gasteiger partial charge in [-0.15, -0.1) is 11.3 Å². The zero-order valence-electron chi connectivity index (χ0n) is 12.7. The number of aliphatic hydroxyl groups is 1. The van der Waals surface area contributed by atoms with Gasteiger partial charge in [0.2, 0.25) is 0 Å². The number of nitrogens with zero attached hydrogens (tertiary/aromatic N) is 1. The van der Waals surface area contributed by atoms with Crippen molar-refractivity contribution in [1.82, 2.24) is 4.90 Å². The normalized spacial score (nSPS) is 19.5. The van der Waals surface area contributed by atoms with Crippen molar-refractivity contribution in [2.24, 2.45) is 5.92 Å². The molecule has 0 radical (unpaired) electrons. The Labute approximate surface area is 125 Å². The molecule has 3 nitrogen and oxygen atoms in total. The van der Waals surface area contributed by atoms with Crippen LogP contribution >= 0.6 is 11.3 Å². The van der Waals surface area contributed by atoms with E-state index in [1.807, 2.05) is 7.05 Å². The number of fused-ring (bicyclic) bond motifs is 1. The van der Waals surface area contributed by atoms with Gasteiger partial charge in [-0.3, -0.25) is 4.79 Å². The average molecular weight is 295 g/mol. The molecule has 0 saturated heterocycles. The van der Waals surface area contributed by atoms with E-state index in [0.29, 0.717) is 13.0 Å². The minimum absolute atomic E-state index is 0.0955. The second-order valence-electron chi connectivity index (χ2n) is 5.94. The first kappa shape index (κ1) is 15.5. The molecule has 0 saturated carbocycles. The summed E-state index contributed by atoms with van der Waals surface area (Å²) < 4.78 is 0. The van der Waals surface area contributed by atoms with Crippen LogP contribution in [-0.2, 0) is 12.8 Å². The molecular formula is C16H25NO2S. The molecule has 0 fully saturated rings. The van der Waals surface area contributed by atoms with Crippen LogP contribution in [0.3, 0.4) is 0 Å². The lowest BCUT2D eigenvalue weighted by Crippen LogP contribution is -2.28. The fraction of sp³-hybridized carbons (Fsp3) is 0.688. The lowest BCUT2D eigenvalue weighted by atomic mass is 9.87. The first-order valence-corrected chi connectivity index (χ1v) is 8.38. The molecule has 0 aromatic carbocycles. The van der Waals surface area contributed by atoms with Crippen LogP contribution in [0.2, 0.25) is 0 Å². The van der Waals surface area contributed by atoms with E-state index in [-0.39, 0.29) is 12.0 Å². The van der Waals surface area contributed by atoms with Crippen molar-refractivity contribution in [3.8, 4) is 0 Å². The van der Waals surface area contributed by atoms with Gasteiger partial charge in [0, 0.05) is 18.5 Å². The van der Waals surface area contributed by atoms with E-state index in [2.05, 4.69) is 13.0 Å². The number of carbonyl (C=O) groups excluding carboxylic acids is 1. The highest BCUT2D eigenvalue weighted by Gasteiger charge is 2.23. The van der Waals surface area contributed by atoms with E-state index in [4.69, 9.17) is 0 Å². The van der Waals surface area contributed by atoms with Crippen LogP contribution in [0.15, 0.2) is 6.07 Å². The lowest BCUT2D eigenvalue weighted by Gasteiger charge is -2.19. The van der Waals surface area contributed by atoms with Gasteiger partial charge < -0.3 is 10.0 Å². The van der Waals surface area contributed by atoms with E-state index in [1.54, 1.807) is 23.2 Å². The number of amides is 1. The molecule has 1 aliphatic carbocycles. The van der Waals surface area contributed by atoms with Gasteiger partial charge in [-0.1, -0.05) is 13.3 Å². The maximum absolute atomic E-state index is 12.4. The Bertz CT molecular complexity index is 467. The molecule has 20 heavy (non-hydrogen) atoms. The van der Waals surface area contributed by atoms with Crippen molar-refractivity contribution in [2.75, 3.05) is 13.6 Å². The van der Waals surface area contributed by atoms with Gasteiger partial charge >= 0.3 is 0 Å². The summed E-state index contributed by atoms with van der Waals surface area (Å²) in [6.45, 7) is 4.61. The highest BCUT2D eigenvalue weighted by atomic mass is 32.1. The summed E-state index contributed by atoms with van der Waals surface area (Å²) in [6, 6.07) is 2.10. The highest BCUT2D eigenvalue weighted by molar-refractivity contribution is 7.14.